The predicted octanol–water partition coefficient (Wildman–Crippen LogP) is 0.281. The number of ether oxygens (including phenoxy) is 1. The Bertz CT molecular complexity index is 296. The van der Waals surface area contributed by atoms with Crippen LogP contribution >= 0.6 is 0 Å². The van der Waals surface area contributed by atoms with Crippen LogP contribution in [0.25, 0.3) is 0 Å². The zero-order chi connectivity index (χ0) is 12.3. The monoisotopic (exact) mass is 242 g/mol. The third-order valence-corrected chi connectivity index (χ3v) is 3.27. The van der Waals surface area contributed by atoms with Crippen molar-refractivity contribution in [1.82, 2.24) is 10.2 Å². The topological polar surface area (TPSA) is 78.9 Å². The molecule has 0 saturated carbocycles. The standard InChI is InChI=1S/C11H18N2O4/c14-10(15)8-6-13(7-8)11(16)12-5-9-3-1-2-4-17-9/h8-9H,1-7H2,(H,12,16)(H,14,15). The second-order valence-electron chi connectivity index (χ2n) is 4.61. The maximum atomic E-state index is 11.6. The third kappa shape index (κ3) is 3.09. The summed E-state index contributed by atoms with van der Waals surface area (Å²) in [4.78, 5) is 23.7. The van der Waals surface area contributed by atoms with Crippen LogP contribution < -0.4 is 5.32 Å². The van der Waals surface area contributed by atoms with Crippen LogP contribution in [0, 0.1) is 5.92 Å². The van der Waals surface area contributed by atoms with Crippen LogP contribution in [0.4, 0.5) is 4.79 Å². The van der Waals surface area contributed by atoms with Crippen molar-refractivity contribution < 1.29 is 19.4 Å². The van der Waals surface area contributed by atoms with Crippen LogP contribution in [0.2, 0.25) is 0 Å². The molecule has 2 aliphatic rings. The summed E-state index contributed by atoms with van der Waals surface area (Å²) >= 11 is 0. The van der Waals surface area contributed by atoms with Crippen molar-refractivity contribution >= 4 is 12.0 Å². The van der Waals surface area contributed by atoms with E-state index in [4.69, 9.17) is 9.84 Å². The van der Waals surface area contributed by atoms with Crippen LogP contribution in [0.1, 0.15) is 19.3 Å². The average Bonchev–Trinajstić information content (AvgIpc) is 2.25. The highest BCUT2D eigenvalue weighted by Crippen LogP contribution is 2.16. The van der Waals surface area contributed by atoms with Gasteiger partial charge in [-0.05, 0) is 19.3 Å². The second-order valence-corrected chi connectivity index (χ2v) is 4.61. The number of carboxylic acids is 1. The number of aliphatic carboxylic acids is 1. The van der Waals surface area contributed by atoms with E-state index in [2.05, 4.69) is 5.32 Å². The fourth-order valence-electron chi connectivity index (χ4n) is 2.08. The minimum absolute atomic E-state index is 0.115. The maximum absolute atomic E-state index is 11.6. The fourth-order valence-corrected chi connectivity index (χ4v) is 2.08. The molecule has 2 fully saturated rings. The molecule has 2 aliphatic heterocycles. The van der Waals surface area contributed by atoms with Gasteiger partial charge < -0.3 is 20.1 Å². The number of carbonyl (C=O) groups excluding carboxylic acids is 1. The lowest BCUT2D eigenvalue weighted by atomic mass is 10.0. The zero-order valence-electron chi connectivity index (χ0n) is 9.72. The van der Waals surface area contributed by atoms with Gasteiger partial charge in [0.25, 0.3) is 0 Å². The maximum Gasteiger partial charge on any atom is 0.317 e. The summed E-state index contributed by atoms with van der Waals surface area (Å²) in [7, 11) is 0. The van der Waals surface area contributed by atoms with Gasteiger partial charge in [-0.1, -0.05) is 0 Å². The van der Waals surface area contributed by atoms with Gasteiger partial charge >= 0.3 is 12.0 Å². The van der Waals surface area contributed by atoms with Gasteiger partial charge in [0.1, 0.15) is 0 Å². The van der Waals surface area contributed by atoms with Crippen molar-refractivity contribution in [2.45, 2.75) is 25.4 Å². The first-order chi connectivity index (χ1) is 8.16. The van der Waals surface area contributed by atoms with Crippen molar-refractivity contribution in [2.24, 2.45) is 5.92 Å². The third-order valence-electron chi connectivity index (χ3n) is 3.27. The Balaban J connectivity index is 1.63. The number of rotatable bonds is 3. The number of hydrogen-bond donors (Lipinski definition) is 2. The Morgan fingerprint density at radius 3 is 2.71 bits per heavy atom. The Labute approximate surface area is 99.9 Å². The lowest BCUT2D eigenvalue weighted by Crippen LogP contribution is -2.57. The van der Waals surface area contributed by atoms with E-state index >= 15 is 0 Å². The van der Waals surface area contributed by atoms with Gasteiger partial charge in [0.05, 0.1) is 12.0 Å². The molecule has 6 nitrogen and oxygen atoms in total. The van der Waals surface area contributed by atoms with E-state index in [9.17, 15) is 9.59 Å². The molecule has 2 heterocycles. The number of amides is 2. The number of urea groups is 1. The molecular formula is C11H18N2O4. The van der Waals surface area contributed by atoms with Gasteiger partial charge in [-0.15, -0.1) is 0 Å². The van der Waals surface area contributed by atoms with E-state index in [1.54, 1.807) is 0 Å². The molecule has 0 spiro atoms. The molecule has 17 heavy (non-hydrogen) atoms. The van der Waals surface area contributed by atoms with E-state index in [0.717, 1.165) is 25.9 Å². The zero-order valence-corrected chi connectivity index (χ0v) is 9.72. The van der Waals surface area contributed by atoms with Crippen molar-refractivity contribution in [3.05, 3.63) is 0 Å². The van der Waals surface area contributed by atoms with Gasteiger partial charge in [0.15, 0.2) is 0 Å². The number of nitrogens with zero attached hydrogens (tertiary/aromatic N) is 1. The molecule has 2 saturated heterocycles. The molecule has 0 aromatic rings. The summed E-state index contributed by atoms with van der Waals surface area (Å²) in [5.74, 6) is -1.23. The molecule has 0 aliphatic carbocycles. The number of hydrogen-bond acceptors (Lipinski definition) is 3. The normalized spacial score (nSPS) is 25.2. The molecule has 0 bridgehead atoms. The first kappa shape index (κ1) is 12.2. The molecule has 96 valence electrons. The molecule has 1 unspecified atom stereocenters. The van der Waals surface area contributed by atoms with E-state index in [-0.39, 0.29) is 12.1 Å². The molecule has 0 radical (unpaired) electrons. The van der Waals surface area contributed by atoms with Crippen LogP contribution in [0.5, 0.6) is 0 Å². The Morgan fingerprint density at radius 1 is 1.35 bits per heavy atom. The van der Waals surface area contributed by atoms with Crippen LogP contribution in [0.3, 0.4) is 0 Å². The first-order valence-electron chi connectivity index (χ1n) is 6.04. The number of carboxylic acid groups (broad SMARTS) is 1. The molecular weight excluding hydrogens is 224 g/mol. The van der Waals surface area contributed by atoms with E-state index in [1.165, 1.54) is 4.90 Å². The highest BCUT2D eigenvalue weighted by molar-refractivity contribution is 5.79. The quantitative estimate of drug-likeness (QED) is 0.745. The van der Waals surface area contributed by atoms with Crippen molar-refractivity contribution in [3.8, 4) is 0 Å². The largest absolute Gasteiger partial charge is 0.481 e. The number of nitrogens with one attached hydrogen (secondary N) is 1. The van der Waals surface area contributed by atoms with Gasteiger partial charge in [-0.3, -0.25) is 4.79 Å². The predicted molar refractivity (Wildman–Crippen MR) is 59.7 cm³/mol. The highest BCUT2D eigenvalue weighted by Gasteiger charge is 2.35. The summed E-state index contributed by atoms with van der Waals surface area (Å²) < 4.78 is 5.49. The number of carbonyl (C=O) groups is 2. The van der Waals surface area contributed by atoms with E-state index in [0.29, 0.717) is 19.6 Å². The molecule has 2 amide bonds. The average molecular weight is 242 g/mol. The first-order valence-corrected chi connectivity index (χ1v) is 6.04. The van der Waals surface area contributed by atoms with Crippen LogP contribution in [-0.2, 0) is 9.53 Å². The Kier molecular flexibility index (Phi) is 3.83. The summed E-state index contributed by atoms with van der Waals surface area (Å²) in [6.45, 7) is 1.91. The molecule has 2 rings (SSSR count). The van der Waals surface area contributed by atoms with Gasteiger partial charge in [-0.25, -0.2) is 4.79 Å². The fraction of sp³-hybridized carbons (Fsp3) is 0.818. The van der Waals surface area contributed by atoms with Crippen LogP contribution in [-0.4, -0.2) is 54.4 Å². The molecule has 6 heteroatoms. The summed E-state index contributed by atoms with van der Waals surface area (Å²) in [6.07, 6.45) is 3.34. The van der Waals surface area contributed by atoms with Gasteiger partial charge in [-0.2, -0.15) is 0 Å². The van der Waals surface area contributed by atoms with Gasteiger partial charge in [0.2, 0.25) is 0 Å². The Hall–Kier alpha value is -1.30. The second kappa shape index (κ2) is 5.35. The van der Waals surface area contributed by atoms with Crippen molar-refractivity contribution in [3.63, 3.8) is 0 Å². The van der Waals surface area contributed by atoms with E-state index in [1.807, 2.05) is 0 Å². The van der Waals surface area contributed by atoms with E-state index < -0.39 is 11.9 Å². The molecule has 2 N–H and O–H groups in total. The van der Waals surface area contributed by atoms with Gasteiger partial charge in [0, 0.05) is 26.2 Å². The Morgan fingerprint density at radius 2 is 2.12 bits per heavy atom. The highest BCUT2D eigenvalue weighted by atomic mass is 16.5. The summed E-state index contributed by atoms with van der Waals surface area (Å²) in [6, 6.07) is -0.184. The van der Waals surface area contributed by atoms with Crippen molar-refractivity contribution in [2.75, 3.05) is 26.2 Å². The molecule has 0 aromatic carbocycles. The lowest BCUT2D eigenvalue weighted by Gasteiger charge is -2.36. The van der Waals surface area contributed by atoms with Crippen molar-refractivity contribution in [1.29, 1.82) is 0 Å². The summed E-state index contributed by atoms with van der Waals surface area (Å²) in [5, 5.41) is 11.5. The summed E-state index contributed by atoms with van der Waals surface area (Å²) in [5.41, 5.74) is 0. The number of likely N-dealkylation sites (tertiary alicyclic amines) is 1. The smallest absolute Gasteiger partial charge is 0.317 e. The minimum atomic E-state index is -0.829. The molecule has 1 atom stereocenters. The van der Waals surface area contributed by atoms with Crippen LogP contribution in [0.15, 0.2) is 0 Å². The lowest BCUT2D eigenvalue weighted by molar-refractivity contribution is -0.146. The molecule has 0 aromatic heterocycles. The minimum Gasteiger partial charge on any atom is -0.481 e. The SMILES string of the molecule is O=C(O)C1CN(C(=O)NCC2CCCCO2)C1.